The van der Waals surface area contributed by atoms with E-state index in [1.54, 1.807) is 34.6 Å². The first kappa shape index (κ1) is 25.3. The van der Waals surface area contributed by atoms with Crippen LogP contribution in [0, 0.1) is 0 Å². The van der Waals surface area contributed by atoms with E-state index in [9.17, 15) is 19.2 Å². The molecule has 0 N–H and O–H groups in total. The predicted octanol–water partition coefficient (Wildman–Crippen LogP) is 3.85. The van der Waals surface area contributed by atoms with Crippen LogP contribution in [-0.4, -0.2) is 39.9 Å². The molecule has 1 amide bonds. The molecular weight excluding hydrogens is 458 g/mol. The van der Waals surface area contributed by atoms with Gasteiger partial charge < -0.3 is 14.2 Å². The Kier molecular flexibility index (Phi) is 7.62. The van der Waals surface area contributed by atoms with Crippen molar-refractivity contribution in [2.45, 2.75) is 65.5 Å². The number of rotatable bonds is 9. The number of carbonyl (C=O) groups is 3. The number of Topliss-reactive ketones (excluding diaryl/α,β-unsaturated/α-hetero) is 1. The highest BCUT2D eigenvalue weighted by atomic mass is 16.5. The summed E-state index contributed by atoms with van der Waals surface area (Å²) in [5.41, 5.74) is 3.79. The van der Waals surface area contributed by atoms with Crippen molar-refractivity contribution in [2.24, 2.45) is 0 Å². The van der Waals surface area contributed by atoms with Crippen molar-refractivity contribution in [3.8, 4) is 0 Å². The number of amides is 1. The highest BCUT2D eigenvalue weighted by Gasteiger charge is 2.25. The molecule has 0 spiro atoms. The molecule has 1 aliphatic heterocycles. The zero-order valence-corrected chi connectivity index (χ0v) is 21.0. The summed E-state index contributed by atoms with van der Waals surface area (Å²) >= 11 is 0. The minimum atomic E-state index is -0.966. The maximum absolute atomic E-state index is 13.0. The quantitative estimate of drug-likeness (QED) is 0.334. The molecule has 0 saturated carbocycles. The molecule has 1 aromatic heterocycles. The van der Waals surface area contributed by atoms with Crippen molar-refractivity contribution in [3.05, 3.63) is 69.6 Å². The first-order chi connectivity index (χ1) is 17.3. The van der Waals surface area contributed by atoms with Gasteiger partial charge in [-0.3, -0.25) is 19.2 Å². The molecule has 4 rings (SSSR count). The van der Waals surface area contributed by atoms with Crippen LogP contribution in [0.1, 0.15) is 61.6 Å². The second-order valence-corrected chi connectivity index (χ2v) is 9.12. The molecule has 36 heavy (non-hydrogen) atoms. The van der Waals surface area contributed by atoms with Crippen LogP contribution in [0.2, 0.25) is 0 Å². The van der Waals surface area contributed by atoms with Gasteiger partial charge >= 0.3 is 5.97 Å². The summed E-state index contributed by atoms with van der Waals surface area (Å²) in [6, 6.07) is 12.7. The molecule has 0 radical (unpaired) electrons. The van der Waals surface area contributed by atoms with E-state index in [4.69, 9.17) is 4.74 Å². The number of carbonyl (C=O) groups excluding carboxylic acids is 3. The van der Waals surface area contributed by atoms with E-state index in [0.29, 0.717) is 36.3 Å². The second kappa shape index (κ2) is 10.8. The molecule has 3 aromatic rings. The van der Waals surface area contributed by atoms with Crippen LogP contribution in [0.4, 0.5) is 5.69 Å². The van der Waals surface area contributed by atoms with Crippen LogP contribution >= 0.6 is 0 Å². The monoisotopic (exact) mass is 489 g/mol. The Morgan fingerprint density at radius 2 is 1.92 bits per heavy atom. The zero-order chi connectivity index (χ0) is 25.8. The lowest BCUT2D eigenvalue weighted by atomic mass is 10.0. The SMILES string of the molecule is CCCCn1c(=O)c(CCC(=O)OC(C)C(=O)c2ccc3c(c2)CCN3C(C)=O)nc2ccccc21. The predicted molar refractivity (Wildman–Crippen MR) is 137 cm³/mol. The number of fused-ring (bicyclic) bond motifs is 2. The number of aromatic nitrogens is 2. The van der Waals surface area contributed by atoms with Crippen LogP contribution in [0.25, 0.3) is 11.0 Å². The molecule has 1 atom stereocenters. The number of hydrogen-bond donors (Lipinski definition) is 0. The van der Waals surface area contributed by atoms with Gasteiger partial charge in [-0.2, -0.15) is 0 Å². The van der Waals surface area contributed by atoms with Crippen molar-refractivity contribution in [3.63, 3.8) is 0 Å². The number of nitrogens with zero attached hydrogens (tertiary/aromatic N) is 3. The van der Waals surface area contributed by atoms with E-state index in [2.05, 4.69) is 11.9 Å². The van der Waals surface area contributed by atoms with E-state index in [1.165, 1.54) is 6.92 Å². The van der Waals surface area contributed by atoms with E-state index in [-0.39, 0.29) is 30.1 Å². The number of benzene rings is 2. The first-order valence-corrected chi connectivity index (χ1v) is 12.4. The molecule has 1 unspecified atom stereocenters. The Morgan fingerprint density at radius 1 is 1.14 bits per heavy atom. The molecule has 8 nitrogen and oxygen atoms in total. The van der Waals surface area contributed by atoms with Crippen molar-refractivity contribution >= 4 is 34.4 Å². The average Bonchev–Trinajstić information content (AvgIpc) is 3.30. The summed E-state index contributed by atoms with van der Waals surface area (Å²) in [5.74, 6) is -0.902. The summed E-state index contributed by atoms with van der Waals surface area (Å²) < 4.78 is 7.12. The topological polar surface area (TPSA) is 98.6 Å². The summed E-state index contributed by atoms with van der Waals surface area (Å²) in [6.45, 7) is 6.31. The van der Waals surface area contributed by atoms with Crippen molar-refractivity contribution < 1.29 is 19.1 Å². The maximum Gasteiger partial charge on any atom is 0.306 e. The second-order valence-electron chi connectivity index (χ2n) is 9.12. The van der Waals surface area contributed by atoms with Gasteiger partial charge in [-0.25, -0.2) is 4.98 Å². The lowest BCUT2D eigenvalue weighted by Gasteiger charge is -2.16. The minimum Gasteiger partial charge on any atom is -0.454 e. The van der Waals surface area contributed by atoms with Crippen LogP contribution in [0.5, 0.6) is 0 Å². The number of ketones is 1. The van der Waals surface area contributed by atoms with Crippen LogP contribution in [0.3, 0.4) is 0 Å². The number of ether oxygens (including phenoxy) is 1. The zero-order valence-electron chi connectivity index (χ0n) is 21.0. The fourth-order valence-electron chi connectivity index (χ4n) is 4.59. The van der Waals surface area contributed by atoms with Crippen LogP contribution in [0.15, 0.2) is 47.3 Å². The maximum atomic E-state index is 13.0. The molecule has 0 bridgehead atoms. The first-order valence-electron chi connectivity index (χ1n) is 12.4. The molecule has 0 saturated heterocycles. The lowest BCUT2D eigenvalue weighted by molar-refractivity contribution is -0.146. The summed E-state index contributed by atoms with van der Waals surface area (Å²) in [7, 11) is 0. The van der Waals surface area contributed by atoms with E-state index in [1.807, 2.05) is 24.3 Å². The van der Waals surface area contributed by atoms with Gasteiger partial charge in [0.05, 0.1) is 17.5 Å². The number of para-hydroxylation sites is 2. The van der Waals surface area contributed by atoms with Gasteiger partial charge in [0.1, 0.15) is 5.69 Å². The number of aryl methyl sites for hydroxylation is 2. The van der Waals surface area contributed by atoms with Gasteiger partial charge in [0.15, 0.2) is 6.10 Å². The van der Waals surface area contributed by atoms with Gasteiger partial charge in [-0.15, -0.1) is 0 Å². The largest absolute Gasteiger partial charge is 0.454 e. The van der Waals surface area contributed by atoms with E-state index >= 15 is 0 Å². The van der Waals surface area contributed by atoms with Crippen molar-refractivity contribution in [1.29, 1.82) is 0 Å². The van der Waals surface area contributed by atoms with Crippen molar-refractivity contribution in [1.82, 2.24) is 9.55 Å². The lowest BCUT2D eigenvalue weighted by Crippen LogP contribution is -2.28. The number of esters is 1. The third-order valence-electron chi connectivity index (χ3n) is 6.54. The van der Waals surface area contributed by atoms with Gasteiger partial charge in [0.25, 0.3) is 5.56 Å². The standard InChI is InChI=1S/C28H31N3O5/c1-4-5-15-31-25-9-7-6-8-22(25)29-23(28(31)35)11-13-26(33)36-18(2)27(34)21-10-12-24-20(17-21)14-16-30(24)19(3)32/h6-10,12,17-18H,4-5,11,13-16H2,1-3H3. The highest BCUT2D eigenvalue weighted by Crippen LogP contribution is 2.29. The Bertz CT molecular complexity index is 1380. The van der Waals surface area contributed by atoms with E-state index < -0.39 is 12.1 Å². The van der Waals surface area contributed by atoms with Crippen molar-refractivity contribution in [2.75, 3.05) is 11.4 Å². The molecule has 2 aromatic carbocycles. The normalized spacial score (nSPS) is 13.5. The summed E-state index contributed by atoms with van der Waals surface area (Å²) in [6.07, 6.45) is 1.62. The molecular formula is C28H31N3O5. The molecule has 1 aliphatic rings. The Balaban J connectivity index is 1.42. The van der Waals surface area contributed by atoms with Gasteiger partial charge in [0.2, 0.25) is 11.7 Å². The molecule has 0 aliphatic carbocycles. The third kappa shape index (κ3) is 5.22. The minimum absolute atomic E-state index is 0.0341. The number of unbranched alkanes of at least 4 members (excludes halogenated alkanes) is 1. The van der Waals surface area contributed by atoms with Crippen LogP contribution < -0.4 is 10.5 Å². The highest BCUT2D eigenvalue weighted by molar-refractivity contribution is 6.01. The van der Waals surface area contributed by atoms with E-state index in [0.717, 1.165) is 29.6 Å². The third-order valence-corrected chi connectivity index (χ3v) is 6.54. The molecule has 8 heteroatoms. The fourth-order valence-corrected chi connectivity index (χ4v) is 4.59. The summed E-state index contributed by atoms with van der Waals surface area (Å²) in [4.78, 5) is 56.4. The number of hydrogen-bond acceptors (Lipinski definition) is 6. The average molecular weight is 490 g/mol. The Labute approximate surface area is 209 Å². The molecule has 188 valence electrons. The Hall–Kier alpha value is -3.81. The summed E-state index contributed by atoms with van der Waals surface area (Å²) in [5, 5.41) is 0. The number of anilines is 1. The molecule has 0 fully saturated rings. The van der Waals surface area contributed by atoms with Gasteiger partial charge in [0, 0.05) is 37.7 Å². The Morgan fingerprint density at radius 3 is 2.67 bits per heavy atom. The smallest absolute Gasteiger partial charge is 0.306 e. The fraction of sp³-hybridized carbons (Fsp3) is 0.393. The van der Waals surface area contributed by atoms with Gasteiger partial charge in [-0.1, -0.05) is 25.5 Å². The van der Waals surface area contributed by atoms with Crippen LogP contribution in [-0.2, 0) is 33.7 Å². The molecule has 2 heterocycles. The van der Waals surface area contributed by atoms with Gasteiger partial charge in [-0.05, 0) is 55.7 Å².